The number of allylic oxidation sites excluding steroid dienone is 4. The minimum atomic E-state index is -0.481. The third kappa shape index (κ3) is 5.51. The predicted octanol–water partition coefficient (Wildman–Crippen LogP) is 7.60. The van der Waals surface area contributed by atoms with Crippen molar-refractivity contribution in [3.05, 3.63) is 80.7 Å². The van der Waals surface area contributed by atoms with E-state index in [9.17, 15) is 9.59 Å². The average molecular weight is 548 g/mol. The van der Waals surface area contributed by atoms with Gasteiger partial charge in [-0.1, -0.05) is 69.1 Å². The summed E-state index contributed by atoms with van der Waals surface area (Å²) in [4.78, 5) is 27.3. The minimum absolute atomic E-state index is 0.0804. The number of carbonyl (C=O) groups is 2. The molecule has 39 heavy (non-hydrogen) atoms. The van der Waals surface area contributed by atoms with Crippen molar-refractivity contribution in [1.29, 1.82) is 0 Å². The maximum Gasteiger partial charge on any atom is 0.180 e. The average Bonchev–Trinajstić information content (AvgIpc) is 2.80. The quantitative estimate of drug-likeness (QED) is 0.403. The zero-order valence-corrected chi connectivity index (χ0v) is 24.6. The fourth-order valence-corrected chi connectivity index (χ4v) is 6.61. The van der Waals surface area contributed by atoms with Crippen molar-refractivity contribution in [3.63, 3.8) is 0 Å². The molecule has 1 N–H and O–H groups in total. The van der Waals surface area contributed by atoms with E-state index in [0.29, 0.717) is 53.7 Å². The summed E-state index contributed by atoms with van der Waals surface area (Å²) >= 11 is 6.88. The number of rotatable bonds is 6. The Bertz CT molecular complexity index is 1360. The molecule has 0 bridgehead atoms. The first kappa shape index (κ1) is 27.5. The van der Waals surface area contributed by atoms with Crippen molar-refractivity contribution in [3.8, 4) is 11.5 Å². The van der Waals surface area contributed by atoms with Gasteiger partial charge in [-0.3, -0.25) is 9.59 Å². The van der Waals surface area contributed by atoms with E-state index in [2.05, 4.69) is 39.1 Å². The lowest BCUT2D eigenvalue weighted by Gasteiger charge is -2.44. The molecule has 206 valence electrons. The molecule has 0 spiro atoms. The molecule has 2 aromatic rings. The summed E-state index contributed by atoms with van der Waals surface area (Å²) in [5.41, 5.74) is 5.91. The van der Waals surface area contributed by atoms with Crippen molar-refractivity contribution in [2.75, 3.05) is 6.61 Å². The highest BCUT2D eigenvalue weighted by molar-refractivity contribution is 6.32. The van der Waals surface area contributed by atoms with Gasteiger partial charge in [-0.25, -0.2) is 0 Å². The molecule has 0 atom stereocenters. The first-order valence-corrected chi connectivity index (χ1v) is 14.2. The third-order valence-electron chi connectivity index (χ3n) is 7.85. The lowest BCUT2D eigenvalue weighted by Crippen LogP contribution is -2.42. The van der Waals surface area contributed by atoms with Crippen LogP contribution in [0.1, 0.15) is 82.9 Å². The van der Waals surface area contributed by atoms with E-state index < -0.39 is 5.92 Å². The van der Waals surface area contributed by atoms with Crippen molar-refractivity contribution in [1.82, 2.24) is 5.32 Å². The molecular formula is C33H38ClNO4. The van der Waals surface area contributed by atoms with E-state index in [1.165, 1.54) is 0 Å². The lowest BCUT2D eigenvalue weighted by molar-refractivity contribution is -0.119. The minimum Gasteiger partial charge on any atom is -0.490 e. The standard InChI is InChI=1S/C33H38ClNO4/c1-7-38-27-13-21(12-22(34)31(27)39-18-20-10-8-9-19(2)11-20)28-29-23(14-32(3,4)16-25(29)36)35-24-15-33(5,6)17-26(37)30(24)28/h8-13,28,35H,7,14-18H2,1-6H3. The number of ether oxygens (including phenoxy) is 2. The van der Waals surface area contributed by atoms with Crippen LogP contribution in [0, 0.1) is 17.8 Å². The Morgan fingerprint density at radius 3 is 2.08 bits per heavy atom. The van der Waals surface area contributed by atoms with E-state index in [4.69, 9.17) is 21.1 Å². The highest BCUT2D eigenvalue weighted by Crippen LogP contribution is 2.52. The summed E-state index contributed by atoms with van der Waals surface area (Å²) in [5.74, 6) is 0.663. The molecule has 0 saturated heterocycles. The summed E-state index contributed by atoms with van der Waals surface area (Å²) < 4.78 is 12.2. The SMILES string of the molecule is CCOc1cc(C2C3=C(CC(C)(C)CC3=O)NC3=C2C(=O)CC(C)(C)C3)cc(Cl)c1OCc1cccc(C)c1. The van der Waals surface area contributed by atoms with E-state index >= 15 is 0 Å². The zero-order valence-electron chi connectivity index (χ0n) is 23.8. The second kappa shape index (κ2) is 10.2. The number of benzene rings is 2. The molecule has 5 nitrogen and oxygen atoms in total. The monoisotopic (exact) mass is 547 g/mol. The molecule has 0 radical (unpaired) electrons. The van der Waals surface area contributed by atoms with E-state index in [-0.39, 0.29) is 22.4 Å². The molecular weight excluding hydrogens is 510 g/mol. The third-order valence-corrected chi connectivity index (χ3v) is 8.13. The number of halogens is 1. The Hall–Kier alpha value is -3.05. The maximum absolute atomic E-state index is 13.7. The van der Waals surface area contributed by atoms with Gasteiger partial charge in [-0.15, -0.1) is 0 Å². The summed E-state index contributed by atoms with van der Waals surface area (Å²) in [7, 11) is 0. The number of hydrogen-bond donors (Lipinski definition) is 1. The smallest absolute Gasteiger partial charge is 0.180 e. The van der Waals surface area contributed by atoms with Crippen LogP contribution in [0.3, 0.4) is 0 Å². The van der Waals surface area contributed by atoms with Crippen LogP contribution in [-0.4, -0.2) is 18.2 Å². The molecule has 0 amide bonds. The molecule has 1 aliphatic heterocycles. The van der Waals surface area contributed by atoms with Gasteiger partial charge in [-0.2, -0.15) is 0 Å². The van der Waals surface area contributed by atoms with Crippen LogP contribution in [0.25, 0.3) is 0 Å². The Morgan fingerprint density at radius 1 is 0.897 bits per heavy atom. The summed E-state index contributed by atoms with van der Waals surface area (Å²) in [6.45, 7) is 13.2. The molecule has 1 heterocycles. The second-order valence-electron chi connectivity index (χ2n) is 12.8. The Morgan fingerprint density at radius 2 is 1.51 bits per heavy atom. The number of dihydropyridines is 1. The van der Waals surface area contributed by atoms with E-state index in [1.807, 2.05) is 44.2 Å². The topological polar surface area (TPSA) is 64.6 Å². The first-order chi connectivity index (χ1) is 18.4. The van der Waals surface area contributed by atoms with E-state index in [0.717, 1.165) is 40.9 Å². The predicted molar refractivity (Wildman–Crippen MR) is 154 cm³/mol. The van der Waals surface area contributed by atoms with Gasteiger partial charge in [0.2, 0.25) is 0 Å². The van der Waals surface area contributed by atoms with Gasteiger partial charge in [0.15, 0.2) is 23.1 Å². The van der Waals surface area contributed by atoms with Crippen molar-refractivity contribution in [2.45, 2.75) is 79.8 Å². The largest absolute Gasteiger partial charge is 0.490 e. The molecule has 3 aliphatic rings. The molecule has 0 fully saturated rings. The normalized spacial score (nSPS) is 20.4. The molecule has 5 rings (SSSR count). The maximum atomic E-state index is 13.7. The lowest BCUT2D eigenvalue weighted by atomic mass is 9.64. The highest BCUT2D eigenvalue weighted by Gasteiger charge is 2.46. The van der Waals surface area contributed by atoms with Gasteiger partial charge >= 0.3 is 0 Å². The summed E-state index contributed by atoms with van der Waals surface area (Å²) in [5, 5.41) is 3.97. The number of nitrogens with one attached hydrogen (secondary N) is 1. The van der Waals surface area contributed by atoms with Crippen LogP contribution in [-0.2, 0) is 16.2 Å². The molecule has 2 aliphatic carbocycles. The van der Waals surface area contributed by atoms with Crippen molar-refractivity contribution >= 4 is 23.2 Å². The number of hydrogen-bond acceptors (Lipinski definition) is 5. The van der Waals surface area contributed by atoms with Gasteiger partial charge in [0, 0.05) is 41.3 Å². The molecule has 0 saturated carbocycles. The van der Waals surface area contributed by atoms with Crippen LogP contribution < -0.4 is 14.8 Å². The van der Waals surface area contributed by atoms with Gasteiger partial charge < -0.3 is 14.8 Å². The van der Waals surface area contributed by atoms with Crippen molar-refractivity contribution < 1.29 is 19.1 Å². The molecule has 0 unspecified atom stereocenters. The second-order valence-corrected chi connectivity index (χ2v) is 13.2. The fraction of sp³-hybridized carbons (Fsp3) is 0.455. The zero-order chi connectivity index (χ0) is 28.1. The van der Waals surface area contributed by atoms with Crippen LogP contribution in [0.15, 0.2) is 58.9 Å². The molecule has 0 aromatic heterocycles. The fourth-order valence-electron chi connectivity index (χ4n) is 6.34. The summed E-state index contributed by atoms with van der Waals surface area (Å²) in [6.07, 6.45) is 2.38. The van der Waals surface area contributed by atoms with Gasteiger partial charge in [0.25, 0.3) is 0 Å². The van der Waals surface area contributed by atoms with Crippen LogP contribution in [0.5, 0.6) is 11.5 Å². The highest BCUT2D eigenvalue weighted by atomic mass is 35.5. The number of ketones is 2. The Balaban J connectivity index is 1.61. The van der Waals surface area contributed by atoms with Crippen LogP contribution in [0.2, 0.25) is 5.02 Å². The number of aryl methyl sites for hydroxylation is 1. The summed E-state index contributed by atoms with van der Waals surface area (Å²) in [6, 6.07) is 11.9. The molecule has 2 aromatic carbocycles. The Labute approximate surface area is 236 Å². The van der Waals surface area contributed by atoms with Gasteiger partial charge in [0.1, 0.15) is 6.61 Å². The van der Waals surface area contributed by atoms with Crippen LogP contribution in [0.4, 0.5) is 0 Å². The Kier molecular flexibility index (Phi) is 7.17. The van der Waals surface area contributed by atoms with Gasteiger partial charge in [0.05, 0.1) is 11.6 Å². The van der Waals surface area contributed by atoms with Gasteiger partial charge in [-0.05, 0) is 60.8 Å². The van der Waals surface area contributed by atoms with Crippen LogP contribution >= 0.6 is 11.6 Å². The van der Waals surface area contributed by atoms with Crippen molar-refractivity contribution in [2.24, 2.45) is 10.8 Å². The number of carbonyl (C=O) groups excluding carboxylic acids is 2. The van der Waals surface area contributed by atoms with E-state index in [1.54, 1.807) is 0 Å². The first-order valence-electron chi connectivity index (χ1n) is 13.8. The molecule has 6 heteroatoms. The number of Topliss-reactive ketones (excluding diaryl/α,β-unsaturated/α-hetero) is 2.